The summed E-state index contributed by atoms with van der Waals surface area (Å²) in [5.41, 5.74) is 4.73. The van der Waals surface area contributed by atoms with E-state index in [-0.39, 0.29) is 15.5 Å². The molecule has 1 aliphatic heterocycles. The van der Waals surface area contributed by atoms with Gasteiger partial charge in [0.25, 0.3) is 5.91 Å². The molecule has 1 aromatic carbocycles. The summed E-state index contributed by atoms with van der Waals surface area (Å²) in [4.78, 5) is 35.4. The van der Waals surface area contributed by atoms with Gasteiger partial charge in [0, 0.05) is 13.1 Å². The number of hydrogen-bond acceptors (Lipinski definition) is 6. The maximum atomic E-state index is 12.7. The number of carbonyl (C=O) groups is 3. The monoisotopic (exact) mass is 431 g/mol. The predicted octanol–water partition coefficient (Wildman–Crippen LogP) is 1.50. The molecule has 0 saturated carbocycles. The number of halogens is 1. The summed E-state index contributed by atoms with van der Waals surface area (Å²) in [6.45, 7) is 4.03. The van der Waals surface area contributed by atoms with E-state index in [2.05, 4.69) is 0 Å². The quantitative estimate of drug-likeness (QED) is 0.655. The van der Waals surface area contributed by atoms with Crippen molar-refractivity contribution in [3.8, 4) is 0 Å². The van der Waals surface area contributed by atoms with Crippen molar-refractivity contribution in [1.29, 1.82) is 0 Å². The summed E-state index contributed by atoms with van der Waals surface area (Å²) in [6.07, 6.45) is 0.231. The van der Waals surface area contributed by atoms with Gasteiger partial charge in [-0.05, 0) is 37.0 Å². The number of primary amides is 1. The van der Waals surface area contributed by atoms with Crippen molar-refractivity contribution in [3.63, 3.8) is 0 Å². The van der Waals surface area contributed by atoms with Crippen LogP contribution in [0.5, 0.6) is 0 Å². The number of nitrogens with one attached hydrogen (secondary N) is 1. The molecule has 1 aromatic rings. The van der Waals surface area contributed by atoms with Crippen molar-refractivity contribution in [3.05, 3.63) is 28.8 Å². The van der Waals surface area contributed by atoms with Crippen LogP contribution in [-0.4, -0.2) is 49.8 Å². The zero-order valence-electron chi connectivity index (χ0n) is 15.5. The minimum atomic E-state index is -3.76. The van der Waals surface area contributed by atoms with Crippen LogP contribution in [0.2, 0.25) is 5.02 Å². The second-order valence-electron chi connectivity index (χ2n) is 6.68. The zero-order valence-corrected chi connectivity index (χ0v) is 17.0. The lowest BCUT2D eigenvalue weighted by Gasteiger charge is -2.20. The van der Waals surface area contributed by atoms with Crippen LogP contribution in [0.4, 0.5) is 4.79 Å². The number of ether oxygens (including phenoxy) is 1. The van der Waals surface area contributed by atoms with E-state index >= 15 is 0 Å². The van der Waals surface area contributed by atoms with E-state index in [4.69, 9.17) is 22.1 Å². The number of hydrogen-bond donors (Lipinski definition) is 2. The average Bonchev–Trinajstić information content (AvgIpc) is 3.14. The van der Waals surface area contributed by atoms with Gasteiger partial charge in [-0.2, -0.15) is 4.31 Å². The van der Waals surface area contributed by atoms with Gasteiger partial charge >= 0.3 is 12.0 Å². The van der Waals surface area contributed by atoms with Gasteiger partial charge in [-0.1, -0.05) is 25.4 Å². The molecule has 1 fully saturated rings. The molecule has 1 saturated heterocycles. The highest BCUT2D eigenvalue weighted by molar-refractivity contribution is 7.89. The van der Waals surface area contributed by atoms with Crippen LogP contribution < -0.4 is 11.1 Å². The maximum Gasteiger partial charge on any atom is 0.340 e. The number of esters is 1. The van der Waals surface area contributed by atoms with Crippen LogP contribution >= 0.6 is 11.6 Å². The highest BCUT2D eigenvalue weighted by Crippen LogP contribution is 2.26. The van der Waals surface area contributed by atoms with Crippen molar-refractivity contribution in [2.75, 3.05) is 13.1 Å². The van der Waals surface area contributed by atoms with Crippen LogP contribution in [0.15, 0.2) is 23.1 Å². The van der Waals surface area contributed by atoms with Gasteiger partial charge in [0.05, 0.1) is 15.5 Å². The van der Waals surface area contributed by atoms with Gasteiger partial charge in [-0.3, -0.25) is 10.1 Å². The van der Waals surface area contributed by atoms with E-state index in [0.29, 0.717) is 13.1 Å². The number of nitrogens with zero attached hydrogens (tertiary/aromatic N) is 1. The third-order valence-corrected chi connectivity index (χ3v) is 6.43. The van der Waals surface area contributed by atoms with Gasteiger partial charge in [-0.15, -0.1) is 0 Å². The number of nitrogens with two attached hydrogens (primary N) is 1. The number of amides is 3. The lowest BCUT2D eigenvalue weighted by molar-refractivity contribution is -0.130. The fourth-order valence-corrected chi connectivity index (χ4v) is 4.50. The Balaban J connectivity index is 2.29. The third kappa shape index (κ3) is 5.00. The molecule has 0 radical (unpaired) electrons. The molecule has 1 aliphatic rings. The average molecular weight is 432 g/mol. The van der Waals surface area contributed by atoms with Gasteiger partial charge in [0.15, 0.2) is 6.10 Å². The van der Waals surface area contributed by atoms with Gasteiger partial charge in [-0.25, -0.2) is 18.0 Å². The normalized spacial score (nSPS) is 16.0. The largest absolute Gasteiger partial charge is 0.448 e. The van der Waals surface area contributed by atoms with Crippen LogP contribution in [0.3, 0.4) is 0 Å². The highest BCUT2D eigenvalue weighted by Gasteiger charge is 2.31. The molecule has 1 heterocycles. The molecular weight excluding hydrogens is 410 g/mol. The molecule has 28 heavy (non-hydrogen) atoms. The molecule has 2 rings (SSSR count). The van der Waals surface area contributed by atoms with E-state index in [1.165, 1.54) is 16.4 Å². The standard InChI is InChI=1S/C17H22ClN3O6S/c1-10(2)14(15(22)20-17(19)24)27-16(23)12-9-11(5-6-13(12)18)28(25,26)21-7-3-4-8-21/h5-6,9-10,14H,3-4,7-8H2,1-2H3,(H3,19,20,22,24). The first-order chi connectivity index (χ1) is 13.0. The minimum Gasteiger partial charge on any atom is -0.448 e. The van der Waals surface area contributed by atoms with Crippen molar-refractivity contribution >= 4 is 39.5 Å². The summed E-state index contributed by atoms with van der Waals surface area (Å²) in [7, 11) is -3.76. The number of rotatable bonds is 6. The Kier molecular flexibility index (Phi) is 7.02. The van der Waals surface area contributed by atoms with Gasteiger partial charge < -0.3 is 10.5 Å². The third-order valence-electron chi connectivity index (χ3n) is 4.20. The SMILES string of the molecule is CC(C)C(OC(=O)c1cc(S(=O)(=O)N2CCCC2)ccc1Cl)C(=O)NC(N)=O. The first-order valence-corrected chi connectivity index (χ1v) is 10.5. The summed E-state index contributed by atoms with van der Waals surface area (Å²) in [5, 5.41) is 1.83. The van der Waals surface area contributed by atoms with Crippen molar-refractivity contribution in [2.24, 2.45) is 11.7 Å². The Labute approximate surface area is 168 Å². The number of carbonyl (C=O) groups excluding carboxylic acids is 3. The minimum absolute atomic E-state index is 0.0248. The summed E-state index contributed by atoms with van der Waals surface area (Å²) < 4.78 is 31.9. The fraction of sp³-hybridized carbons (Fsp3) is 0.471. The van der Waals surface area contributed by atoms with Crippen LogP contribution in [0, 0.1) is 5.92 Å². The summed E-state index contributed by atoms with van der Waals surface area (Å²) in [6, 6.07) is 2.65. The van der Waals surface area contributed by atoms with Crippen LogP contribution in [-0.2, 0) is 19.6 Å². The summed E-state index contributed by atoms with van der Waals surface area (Å²) in [5.74, 6) is -2.34. The Morgan fingerprint density at radius 3 is 2.36 bits per heavy atom. The first-order valence-electron chi connectivity index (χ1n) is 8.65. The van der Waals surface area contributed by atoms with Crippen molar-refractivity contribution in [2.45, 2.75) is 37.7 Å². The van der Waals surface area contributed by atoms with Gasteiger partial charge in [0.2, 0.25) is 10.0 Å². The van der Waals surface area contributed by atoms with E-state index in [0.717, 1.165) is 18.9 Å². The molecule has 0 aromatic heterocycles. The second-order valence-corrected chi connectivity index (χ2v) is 9.02. The number of imide groups is 1. The van der Waals surface area contributed by atoms with Crippen molar-refractivity contribution in [1.82, 2.24) is 9.62 Å². The molecule has 0 aliphatic carbocycles. The molecule has 3 amide bonds. The molecular formula is C17H22ClN3O6S. The van der Waals surface area contributed by atoms with Crippen LogP contribution in [0.25, 0.3) is 0 Å². The Hall–Kier alpha value is -2.17. The Morgan fingerprint density at radius 1 is 1.21 bits per heavy atom. The molecule has 3 N–H and O–H groups in total. The number of sulfonamides is 1. The smallest absolute Gasteiger partial charge is 0.340 e. The molecule has 1 unspecified atom stereocenters. The predicted molar refractivity (Wildman–Crippen MR) is 101 cm³/mol. The molecule has 11 heteroatoms. The number of benzene rings is 1. The topological polar surface area (TPSA) is 136 Å². The van der Waals surface area contributed by atoms with E-state index in [1.54, 1.807) is 13.8 Å². The lowest BCUT2D eigenvalue weighted by atomic mass is 10.1. The molecule has 154 valence electrons. The van der Waals surface area contributed by atoms with Crippen molar-refractivity contribution < 1.29 is 27.5 Å². The Bertz CT molecular complexity index is 881. The van der Waals surface area contributed by atoms with E-state index in [1.807, 2.05) is 5.32 Å². The molecule has 0 spiro atoms. The van der Waals surface area contributed by atoms with E-state index < -0.39 is 40.0 Å². The van der Waals surface area contributed by atoms with E-state index in [9.17, 15) is 22.8 Å². The highest BCUT2D eigenvalue weighted by atomic mass is 35.5. The molecule has 1 atom stereocenters. The lowest BCUT2D eigenvalue weighted by Crippen LogP contribution is -2.45. The van der Waals surface area contributed by atoms with Crippen LogP contribution in [0.1, 0.15) is 37.0 Å². The molecule has 9 nitrogen and oxygen atoms in total. The molecule has 0 bridgehead atoms. The van der Waals surface area contributed by atoms with Gasteiger partial charge in [0.1, 0.15) is 0 Å². The maximum absolute atomic E-state index is 12.7. The first kappa shape index (κ1) is 22.1. The second kappa shape index (κ2) is 8.89. The fourth-order valence-electron chi connectivity index (χ4n) is 2.76. The number of urea groups is 1. The zero-order chi connectivity index (χ0) is 21.1. The summed E-state index contributed by atoms with van der Waals surface area (Å²) >= 11 is 6.04. The Morgan fingerprint density at radius 2 is 1.82 bits per heavy atom.